The summed E-state index contributed by atoms with van der Waals surface area (Å²) in [4.78, 5) is 11.9. The average Bonchev–Trinajstić information content (AvgIpc) is 3.31. The van der Waals surface area contributed by atoms with Crippen LogP contribution in [0.5, 0.6) is 0 Å². The summed E-state index contributed by atoms with van der Waals surface area (Å²) in [6, 6.07) is 6.36. The van der Waals surface area contributed by atoms with Gasteiger partial charge in [0.25, 0.3) is 0 Å². The second-order valence-corrected chi connectivity index (χ2v) is 7.03. The molecule has 0 bridgehead atoms. The molecule has 2 rings (SSSR count). The van der Waals surface area contributed by atoms with Crippen molar-refractivity contribution in [2.75, 3.05) is 20.3 Å². The highest BCUT2D eigenvalue weighted by molar-refractivity contribution is 7.89. The van der Waals surface area contributed by atoms with Gasteiger partial charge in [0.15, 0.2) is 5.78 Å². The van der Waals surface area contributed by atoms with Crippen molar-refractivity contribution in [3.8, 4) is 0 Å². The number of rotatable bonds is 8. The Morgan fingerprint density at radius 3 is 2.67 bits per heavy atom. The Morgan fingerprint density at radius 1 is 1.38 bits per heavy atom. The zero-order valence-electron chi connectivity index (χ0n) is 12.4. The van der Waals surface area contributed by atoms with Crippen molar-refractivity contribution in [2.24, 2.45) is 0 Å². The smallest absolute Gasteiger partial charge is 0.243 e. The lowest BCUT2D eigenvalue weighted by molar-refractivity contribution is 0.0988. The molecule has 1 fully saturated rings. The molecule has 6 heteroatoms. The van der Waals surface area contributed by atoms with Crippen LogP contribution in [0.3, 0.4) is 0 Å². The molecule has 0 saturated heterocycles. The molecule has 0 unspecified atom stereocenters. The van der Waals surface area contributed by atoms with E-state index in [1.54, 1.807) is 32.2 Å². The number of carbonyl (C=O) groups is 1. The molecule has 0 amide bonds. The molecular weight excluding hydrogens is 290 g/mol. The first kappa shape index (κ1) is 16.1. The Balaban J connectivity index is 2.31. The van der Waals surface area contributed by atoms with Crippen molar-refractivity contribution >= 4 is 15.8 Å². The van der Waals surface area contributed by atoms with Crippen molar-refractivity contribution < 1.29 is 17.9 Å². The van der Waals surface area contributed by atoms with E-state index in [0.717, 1.165) is 12.8 Å². The molecule has 1 aromatic carbocycles. The molecule has 116 valence electrons. The molecule has 1 aliphatic carbocycles. The number of sulfonamides is 1. The fraction of sp³-hybridized carbons (Fsp3) is 0.533. The molecule has 1 aliphatic rings. The average molecular weight is 311 g/mol. The lowest BCUT2D eigenvalue weighted by Gasteiger charge is -2.21. The molecule has 21 heavy (non-hydrogen) atoms. The molecule has 5 nitrogen and oxygen atoms in total. The molecule has 0 N–H and O–H groups in total. The maximum atomic E-state index is 12.7. The zero-order valence-corrected chi connectivity index (χ0v) is 13.2. The van der Waals surface area contributed by atoms with E-state index in [1.165, 1.54) is 10.4 Å². The molecule has 0 heterocycles. The minimum atomic E-state index is -3.57. The van der Waals surface area contributed by atoms with Crippen LogP contribution >= 0.6 is 0 Å². The van der Waals surface area contributed by atoms with Crippen LogP contribution in [-0.4, -0.2) is 44.8 Å². The maximum Gasteiger partial charge on any atom is 0.243 e. The molecular formula is C15H21NO4S. The molecule has 1 aromatic rings. The summed E-state index contributed by atoms with van der Waals surface area (Å²) >= 11 is 0. The van der Waals surface area contributed by atoms with Gasteiger partial charge in [-0.15, -0.1) is 0 Å². The normalized spacial score (nSPS) is 15.4. The Bertz CT molecular complexity index is 608. The predicted molar refractivity (Wildman–Crippen MR) is 79.9 cm³/mol. The first-order valence-electron chi connectivity index (χ1n) is 7.14. The third-order valence-corrected chi connectivity index (χ3v) is 5.50. The summed E-state index contributed by atoms with van der Waals surface area (Å²) < 4.78 is 32.0. The van der Waals surface area contributed by atoms with Crippen molar-refractivity contribution in [1.29, 1.82) is 0 Å². The highest BCUT2D eigenvalue weighted by Gasteiger charge is 2.37. The Labute approximate surface area is 126 Å². The first-order valence-corrected chi connectivity index (χ1v) is 8.58. The van der Waals surface area contributed by atoms with Gasteiger partial charge in [-0.1, -0.05) is 19.1 Å². The SMILES string of the molecule is CCC(=O)c1cccc(S(=O)(=O)N(CCOC)C2CC2)c1. The first-order chi connectivity index (χ1) is 10.0. The van der Waals surface area contributed by atoms with E-state index < -0.39 is 10.0 Å². The second kappa shape index (κ2) is 6.68. The molecule has 0 aromatic heterocycles. The van der Waals surface area contributed by atoms with Crippen molar-refractivity contribution in [3.63, 3.8) is 0 Å². The number of Topliss-reactive ketones (excluding diaryl/α,β-unsaturated/α-hetero) is 1. The van der Waals surface area contributed by atoms with E-state index in [-0.39, 0.29) is 16.7 Å². The summed E-state index contributed by atoms with van der Waals surface area (Å²) in [5.74, 6) is -0.0538. The van der Waals surface area contributed by atoms with Gasteiger partial charge in [-0.2, -0.15) is 4.31 Å². The predicted octanol–water partition coefficient (Wildman–Crippen LogP) is 2.08. The van der Waals surface area contributed by atoms with Crippen LogP contribution in [0.15, 0.2) is 29.2 Å². The highest BCUT2D eigenvalue weighted by atomic mass is 32.2. The fourth-order valence-corrected chi connectivity index (χ4v) is 3.93. The Kier molecular flexibility index (Phi) is 5.13. The number of benzene rings is 1. The largest absolute Gasteiger partial charge is 0.383 e. The summed E-state index contributed by atoms with van der Waals surface area (Å²) in [5.41, 5.74) is 0.445. The molecule has 0 radical (unpaired) electrons. The number of ether oxygens (including phenoxy) is 1. The number of nitrogens with zero attached hydrogens (tertiary/aromatic N) is 1. The van der Waals surface area contributed by atoms with E-state index in [4.69, 9.17) is 4.74 Å². The highest BCUT2D eigenvalue weighted by Crippen LogP contribution is 2.32. The summed E-state index contributed by atoms with van der Waals surface area (Å²) in [6.45, 7) is 2.47. The van der Waals surface area contributed by atoms with E-state index in [0.29, 0.717) is 25.1 Å². The van der Waals surface area contributed by atoms with Gasteiger partial charge in [-0.3, -0.25) is 4.79 Å². The van der Waals surface area contributed by atoms with Crippen LogP contribution in [0.1, 0.15) is 36.5 Å². The monoisotopic (exact) mass is 311 g/mol. The minimum Gasteiger partial charge on any atom is -0.383 e. The Morgan fingerprint density at radius 2 is 2.10 bits per heavy atom. The molecule has 0 spiro atoms. The molecule has 0 aliphatic heterocycles. The van der Waals surface area contributed by atoms with Gasteiger partial charge in [-0.25, -0.2) is 8.42 Å². The van der Waals surface area contributed by atoms with Gasteiger partial charge in [0.05, 0.1) is 11.5 Å². The van der Waals surface area contributed by atoms with E-state index in [2.05, 4.69) is 0 Å². The van der Waals surface area contributed by atoms with E-state index >= 15 is 0 Å². The number of ketones is 1. The van der Waals surface area contributed by atoms with Gasteiger partial charge in [0.2, 0.25) is 10.0 Å². The number of hydrogen-bond donors (Lipinski definition) is 0. The third kappa shape index (κ3) is 3.70. The zero-order chi connectivity index (χ0) is 15.5. The van der Waals surface area contributed by atoms with Gasteiger partial charge in [-0.05, 0) is 25.0 Å². The van der Waals surface area contributed by atoms with Crippen molar-refractivity contribution in [3.05, 3.63) is 29.8 Å². The summed E-state index contributed by atoms with van der Waals surface area (Å²) in [5, 5.41) is 0. The summed E-state index contributed by atoms with van der Waals surface area (Å²) in [6.07, 6.45) is 2.13. The molecule has 0 atom stereocenters. The number of methoxy groups -OCH3 is 1. The fourth-order valence-electron chi connectivity index (χ4n) is 2.21. The maximum absolute atomic E-state index is 12.7. The number of hydrogen-bond acceptors (Lipinski definition) is 4. The quantitative estimate of drug-likeness (QED) is 0.690. The lowest BCUT2D eigenvalue weighted by Crippen LogP contribution is -2.35. The lowest BCUT2D eigenvalue weighted by atomic mass is 10.1. The van der Waals surface area contributed by atoms with Gasteiger partial charge in [0, 0.05) is 31.7 Å². The van der Waals surface area contributed by atoms with E-state index in [1.807, 2.05) is 0 Å². The van der Waals surface area contributed by atoms with Gasteiger partial charge < -0.3 is 4.74 Å². The number of carbonyl (C=O) groups excluding carboxylic acids is 1. The van der Waals surface area contributed by atoms with Crippen LogP contribution < -0.4 is 0 Å². The molecule has 1 saturated carbocycles. The van der Waals surface area contributed by atoms with E-state index in [9.17, 15) is 13.2 Å². The second-order valence-electron chi connectivity index (χ2n) is 5.14. The van der Waals surface area contributed by atoms with Gasteiger partial charge >= 0.3 is 0 Å². The minimum absolute atomic E-state index is 0.0538. The third-order valence-electron chi connectivity index (χ3n) is 3.55. The topological polar surface area (TPSA) is 63.7 Å². The van der Waals surface area contributed by atoms with Crippen molar-refractivity contribution in [1.82, 2.24) is 4.31 Å². The van der Waals surface area contributed by atoms with Crippen LogP contribution in [0.2, 0.25) is 0 Å². The van der Waals surface area contributed by atoms with Crippen LogP contribution in [0, 0.1) is 0 Å². The summed E-state index contributed by atoms with van der Waals surface area (Å²) in [7, 11) is -2.02. The Hall–Kier alpha value is -1.24. The van der Waals surface area contributed by atoms with Crippen LogP contribution in [0.25, 0.3) is 0 Å². The van der Waals surface area contributed by atoms with Crippen molar-refractivity contribution in [2.45, 2.75) is 37.1 Å². The van der Waals surface area contributed by atoms with Gasteiger partial charge in [0.1, 0.15) is 0 Å². The van der Waals surface area contributed by atoms with Crippen LogP contribution in [0.4, 0.5) is 0 Å². The van der Waals surface area contributed by atoms with Crippen LogP contribution in [-0.2, 0) is 14.8 Å². The standard InChI is InChI=1S/C15H21NO4S/c1-3-15(17)12-5-4-6-14(11-12)21(18,19)16(9-10-20-2)13-7-8-13/h4-6,11,13H,3,7-10H2,1-2H3.